The molecule has 2 rings (SSSR count). The number of nitrogens with one attached hydrogen (secondary N) is 1. The Kier molecular flexibility index (Phi) is 4.01. The van der Waals surface area contributed by atoms with E-state index in [0.29, 0.717) is 26.1 Å². The van der Waals surface area contributed by atoms with Gasteiger partial charge in [-0.15, -0.1) is 0 Å². The summed E-state index contributed by atoms with van der Waals surface area (Å²) in [6.45, 7) is 0.865. The van der Waals surface area contributed by atoms with Crippen molar-refractivity contribution in [2.75, 3.05) is 17.9 Å². The largest absolute Gasteiger partial charge is 0.477 e. The number of carbonyl (C=O) groups is 1. The molecule has 0 amide bonds. The first-order chi connectivity index (χ1) is 8.99. The zero-order chi connectivity index (χ0) is 13.9. The number of pyridine rings is 1. The van der Waals surface area contributed by atoms with Crippen LogP contribution in [0.25, 0.3) is 0 Å². The van der Waals surface area contributed by atoms with Gasteiger partial charge in [0.1, 0.15) is 5.69 Å². The fourth-order valence-electron chi connectivity index (χ4n) is 1.81. The van der Waals surface area contributed by atoms with Crippen molar-refractivity contribution in [1.29, 1.82) is 0 Å². The molecule has 0 saturated carbocycles. The molecule has 0 aliphatic carbocycles. The lowest BCUT2D eigenvalue weighted by molar-refractivity contribution is 0.0690. The third kappa shape index (κ3) is 3.42. The minimum absolute atomic E-state index is 0.131. The number of carboxylic acids is 1. The number of aromatic carboxylic acids is 1. The smallest absolute Gasteiger partial charge is 0.354 e. The highest BCUT2D eigenvalue weighted by Gasteiger charge is 2.27. The zero-order valence-corrected chi connectivity index (χ0v) is 10.9. The van der Waals surface area contributed by atoms with Gasteiger partial charge in [0.2, 0.25) is 10.0 Å². The molecule has 0 bridgehead atoms. The molecule has 19 heavy (non-hydrogen) atoms. The van der Waals surface area contributed by atoms with Gasteiger partial charge in [0, 0.05) is 13.2 Å². The predicted molar refractivity (Wildman–Crippen MR) is 67.6 cm³/mol. The number of carboxylic acid groups (broad SMARTS) is 1. The fourth-order valence-corrected chi connectivity index (χ4v) is 3.24. The molecule has 0 unspecified atom stereocenters. The minimum Gasteiger partial charge on any atom is -0.477 e. The molecule has 7 nitrogen and oxygen atoms in total. The highest BCUT2D eigenvalue weighted by atomic mass is 32.2. The van der Waals surface area contributed by atoms with Gasteiger partial charge in [0.15, 0.2) is 0 Å². The second-order valence-corrected chi connectivity index (χ2v) is 6.16. The number of anilines is 1. The Morgan fingerprint density at radius 1 is 1.37 bits per heavy atom. The summed E-state index contributed by atoms with van der Waals surface area (Å²) in [6.07, 6.45) is 2.10. The van der Waals surface area contributed by atoms with Crippen molar-refractivity contribution >= 4 is 21.7 Å². The number of ether oxygens (including phenoxy) is 1. The number of nitrogens with zero attached hydrogens (tertiary/aromatic N) is 1. The lowest BCUT2D eigenvalue weighted by Gasteiger charge is -2.22. The predicted octanol–water partition coefficient (Wildman–Crippen LogP) is 0.700. The van der Waals surface area contributed by atoms with E-state index in [1.165, 1.54) is 18.3 Å². The van der Waals surface area contributed by atoms with Crippen LogP contribution in [0.1, 0.15) is 23.3 Å². The number of aromatic nitrogens is 1. The Bertz CT molecular complexity index is 549. The monoisotopic (exact) mass is 286 g/mol. The standard InChI is InChI=1S/C11H14N2O5S/c14-11(15)10-2-1-8(7-12-10)13-19(16,17)9-3-5-18-6-4-9/h1-2,7,9,13H,3-6H2,(H,14,15). The van der Waals surface area contributed by atoms with Gasteiger partial charge in [-0.25, -0.2) is 18.2 Å². The van der Waals surface area contributed by atoms with Gasteiger partial charge >= 0.3 is 5.97 Å². The van der Waals surface area contributed by atoms with E-state index in [-0.39, 0.29) is 11.4 Å². The molecule has 1 aliphatic heterocycles. The molecule has 2 heterocycles. The Hall–Kier alpha value is -1.67. The summed E-state index contributed by atoms with van der Waals surface area (Å²) in [7, 11) is -3.49. The number of sulfonamides is 1. The first-order valence-corrected chi connectivity index (χ1v) is 7.32. The molecule has 8 heteroatoms. The van der Waals surface area contributed by atoms with Crippen LogP contribution in [0.3, 0.4) is 0 Å². The average Bonchev–Trinajstić information content (AvgIpc) is 2.40. The topological polar surface area (TPSA) is 106 Å². The Morgan fingerprint density at radius 2 is 2.05 bits per heavy atom. The van der Waals surface area contributed by atoms with Crippen LogP contribution in [-0.4, -0.2) is 42.9 Å². The quantitative estimate of drug-likeness (QED) is 0.844. The molecular formula is C11H14N2O5S. The van der Waals surface area contributed by atoms with Gasteiger partial charge in [0.25, 0.3) is 0 Å². The highest BCUT2D eigenvalue weighted by Crippen LogP contribution is 2.18. The van der Waals surface area contributed by atoms with Crippen molar-refractivity contribution in [2.45, 2.75) is 18.1 Å². The van der Waals surface area contributed by atoms with Crippen LogP contribution in [0.15, 0.2) is 18.3 Å². The summed E-state index contributed by atoms with van der Waals surface area (Å²) < 4.78 is 31.7. The summed E-state index contributed by atoms with van der Waals surface area (Å²) in [4.78, 5) is 14.3. The first kappa shape index (κ1) is 13.8. The van der Waals surface area contributed by atoms with Gasteiger partial charge < -0.3 is 9.84 Å². The van der Waals surface area contributed by atoms with Crippen LogP contribution >= 0.6 is 0 Å². The summed E-state index contributed by atoms with van der Waals surface area (Å²) in [5.41, 5.74) is 0.130. The molecule has 104 valence electrons. The van der Waals surface area contributed by atoms with Crippen LogP contribution in [0.5, 0.6) is 0 Å². The highest BCUT2D eigenvalue weighted by molar-refractivity contribution is 7.93. The molecule has 1 saturated heterocycles. The van der Waals surface area contributed by atoms with Gasteiger partial charge in [0.05, 0.1) is 17.1 Å². The van der Waals surface area contributed by atoms with Gasteiger partial charge in [-0.1, -0.05) is 0 Å². The molecule has 1 aliphatic rings. The maximum absolute atomic E-state index is 12.1. The van der Waals surface area contributed by atoms with E-state index >= 15 is 0 Å². The minimum atomic E-state index is -3.49. The molecule has 1 aromatic heterocycles. The SMILES string of the molecule is O=C(O)c1ccc(NS(=O)(=O)C2CCOCC2)cn1. The lowest BCUT2D eigenvalue weighted by atomic mass is 10.2. The summed E-state index contributed by atoms with van der Waals surface area (Å²) in [6, 6.07) is 2.64. The normalized spacial score (nSPS) is 17.1. The van der Waals surface area contributed by atoms with Crippen molar-refractivity contribution in [1.82, 2.24) is 4.98 Å². The van der Waals surface area contributed by atoms with Crippen LogP contribution in [0.4, 0.5) is 5.69 Å². The van der Waals surface area contributed by atoms with Gasteiger partial charge in [-0.2, -0.15) is 0 Å². The molecule has 0 radical (unpaired) electrons. The van der Waals surface area contributed by atoms with E-state index in [4.69, 9.17) is 9.84 Å². The maximum Gasteiger partial charge on any atom is 0.354 e. The van der Waals surface area contributed by atoms with Crippen molar-refractivity contribution in [2.24, 2.45) is 0 Å². The van der Waals surface area contributed by atoms with Crippen molar-refractivity contribution < 1.29 is 23.1 Å². The van der Waals surface area contributed by atoms with Crippen LogP contribution in [0, 0.1) is 0 Å². The number of hydrogen-bond acceptors (Lipinski definition) is 5. The van der Waals surface area contributed by atoms with Crippen molar-refractivity contribution in [3.8, 4) is 0 Å². The third-order valence-corrected chi connectivity index (χ3v) is 4.72. The van der Waals surface area contributed by atoms with E-state index < -0.39 is 21.2 Å². The zero-order valence-electron chi connectivity index (χ0n) is 10.1. The van der Waals surface area contributed by atoms with Gasteiger partial charge in [-0.3, -0.25) is 4.72 Å². The van der Waals surface area contributed by atoms with E-state index in [1.54, 1.807) is 0 Å². The third-order valence-electron chi connectivity index (χ3n) is 2.85. The second kappa shape index (κ2) is 5.54. The Morgan fingerprint density at radius 3 is 2.58 bits per heavy atom. The van der Waals surface area contributed by atoms with Crippen molar-refractivity contribution in [3.05, 3.63) is 24.0 Å². The van der Waals surface area contributed by atoms with Gasteiger partial charge in [-0.05, 0) is 25.0 Å². The Balaban J connectivity index is 2.09. The van der Waals surface area contributed by atoms with E-state index in [9.17, 15) is 13.2 Å². The molecule has 0 atom stereocenters. The average molecular weight is 286 g/mol. The number of rotatable bonds is 4. The second-order valence-electron chi connectivity index (χ2n) is 4.20. The molecule has 0 spiro atoms. The molecular weight excluding hydrogens is 272 g/mol. The van der Waals surface area contributed by atoms with E-state index in [1.807, 2.05) is 0 Å². The van der Waals surface area contributed by atoms with Crippen LogP contribution in [-0.2, 0) is 14.8 Å². The number of hydrogen-bond donors (Lipinski definition) is 2. The fraction of sp³-hybridized carbons (Fsp3) is 0.455. The molecule has 1 fully saturated rings. The Labute approximate surface area is 110 Å². The molecule has 2 N–H and O–H groups in total. The molecule has 1 aromatic rings. The summed E-state index contributed by atoms with van der Waals surface area (Å²) in [5, 5.41) is 8.21. The van der Waals surface area contributed by atoms with Crippen molar-refractivity contribution in [3.63, 3.8) is 0 Å². The molecule has 0 aromatic carbocycles. The lowest BCUT2D eigenvalue weighted by Crippen LogP contribution is -2.33. The van der Waals surface area contributed by atoms with E-state index in [0.717, 1.165) is 0 Å². The first-order valence-electron chi connectivity index (χ1n) is 5.78. The summed E-state index contributed by atoms with van der Waals surface area (Å²) >= 11 is 0. The van der Waals surface area contributed by atoms with Crippen LogP contribution in [0.2, 0.25) is 0 Å². The van der Waals surface area contributed by atoms with Crippen LogP contribution < -0.4 is 4.72 Å². The maximum atomic E-state index is 12.1. The summed E-state index contributed by atoms with van der Waals surface area (Å²) in [5.74, 6) is -1.15. The van der Waals surface area contributed by atoms with E-state index in [2.05, 4.69) is 9.71 Å².